The summed E-state index contributed by atoms with van der Waals surface area (Å²) in [7, 11) is 0. The fourth-order valence-corrected chi connectivity index (χ4v) is 4.23. The molecule has 0 bridgehead atoms. The first-order valence-electron chi connectivity index (χ1n) is 10.2. The highest BCUT2D eigenvalue weighted by atomic mass is 32.1. The van der Waals surface area contributed by atoms with Crippen molar-refractivity contribution in [1.82, 2.24) is 15.5 Å². The van der Waals surface area contributed by atoms with Crippen LogP contribution in [0.3, 0.4) is 0 Å². The standard InChI is InChI=1S/C23H28FN3S/c24-23(17-26-21-15-20(21)19-9-5-2-6-10-19)11-13-27(14-12-23)22(28)25-16-18-7-3-1-4-8-18/h1-10,20-21,26H,11-17H2,(H,25,28)/t20-,21+/m0/s1. The van der Waals surface area contributed by atoms with E-state index in [-0.39, 0.29) is 0 Å². The van der Waals surface area contributed by atoms with Crippen molar-refractivity contribution in [2.45, 2.75) is 43.4 Å². The number of hydrogen-bond donors (Lipinski definition) is 2. The topological polar surface area (TPSA) is 27.3 Å². The molecule has 1 aliphatic carbocycles. The van der Waals surface area contributed by atoms with Crippen LogP contribution in [-0.2, 0) is 6.54 Å². The Morgan fingerprint density at radius 2 is 1.68 bits per heavy atom. The molecule has 1 saturated heterocycles. The number of piperidine rings is 1. The third kappa shape index (κ3) is 4.89. The smallest absolute Gasteiger partial charge is 0.169 e. The van der Waals surface area contributed by atoms with Crippen molar-refractivity contribution in [3.63, 3.8) is 0 Å². The minimum absolute atomic E-state index is 0.418. The summed E-state index contributed by atoms with van der Waals surface area (Å²) >= 11 is 5.51. The predicted octanol–water partition coefficient (Wildman–Crippen LogP) is 4.01. The molecule has 5 heteroatoms. The van der Waals surface area contributed by atoms with Crippen LogP contribution in [0.4, 0.5) is 4.39 Å². The van der Waals surface area contributed by atoms with Crippen LogP contribution in [0.15, 0.2) is 60.7 Å². The number of benzene rings is 2. The van der Waals surface area contributed by atoms with Gasteiger partial charge in [0, 0.05) is 51.0 Å². The molecule has 2 fully saturated rings. The summed E-state index contributed by atoms with van der Waals surface area (Å²) in [5.41, 5.74) is 1.43. The van der Waals surface area contributed by atoms with Gasteiger partial charge in [-0.3, -0.25) is 0 Å². The average molecular weight is 398 g/mol. The third-order valence-corrected chi connectivity index (χ3v) is 6.34. The van der Waals surface area contributed by atoms with Gasteiger partial charge in [-0.15, -0.1) is 0 Å². The molecule has 0 aromatic heterocycles. The Morgan fingerprint density at radius 3 is 2.36 bits per heavy atom. The van der Waals surface area contributed by atoms with E-state index >= 15 is 4.39 Å². The molecule has 1 saturated carbocycles. The van der Waals surface area contributed by atoms with Gasteiger partial charge in [0.15, 0.2) is 5.11 Å². The molecule has 0 radical (unpaired) electrons. The number of hydrogen-bond acceptors (Lipinski definition) is 2. The van der Waals surface area contributed by atoms with Crippen LogP contribution in [0, 0.1) is 0 Å². The van der Waals surface area contributed by atoms with Crippen molar-refractivity contribution < 1.29 is 4.39 Å². The lowest BCUT2D eigenvalue weighted by Gasteiger charge is -2.38. The molecule has 1 aliphatic heterocycles. The summed E-state index contributed by atoms with van der Waals surface area (Å²) < 4.78 is 15.2. The Labute approximate surface area is 172 Å². The van der Waals surface area contributed by atoms with Gasteiger partial charge in [0.05, 0.1) is 0 Å². The second-order valence-electron chi connectivity index (χ2n) is 8.02. The lowest BCUT2D eigenvalue weighted by atomic mass is 9.93. The van der Waals surface area contributed by atoms with Crippen LogP contribution >= 0.6 is 12.2 Å². The average Bonchev–Trinajstić information content (AvgIpc) is 3.53. The molecule has 2 N–H and O–H groups in total. The molecule has 0 unspecified atom stereocenters. The van der Waals surface area contributed by atoms with Gasteiger partial charge in [-0.2, -0.15) is 0 Å². The summed E-state index contributed by atoms with van der Waals surface area (Å²) in [6.45, 7) is 2.50. The molecule has 2 atom stereocenters. The number of alkyl halides is 1. The lowest BCUT2D eigenvalue weighted by molar-refractivity contribution is 0.0828. The number of rotatable bonds is 6. The van der Waals surface area contributed by atoms with Gasteiger partial charge in [0.2, 0.25) is 0 Å². The number of halogens is 1. The first-order valence-corrected chi connectivity index (χ1v) is 10.6. The zero-order valence-corrected chi connectivity index (χ0v) is 16.9. The van der Waals surface area contributed by atoms with Crippen molar-refractivity contribution in [3.05, 3.63) is 71.8 Å². The number of thiocarbonyl (C=S) groups is 1. The van der Waals surface area contributed by atoms with E-state index in [4.69, 9.17) is 12.2 Å². The SMILES string of the molecule is FC1(CN[C@@H]2C[C@H]2c2ccccc2)CCN(C(=S)NCc2ccccc2)CC1. The molecule has 2 aromatic rings. The van der Waals surface area contributed by atoms with Crippen LogP contribution in [0.1, 0.15) is 36.3 Å². The summed E-state index contributed by atoms with van der Waals surface area (Å²) in [6, 6.07) is 21.1. The molecule has 2 aliphatic rings. The molecule has 1 heterocycles. The van der Waals surface area contributed by atoms with Crippen LogP contribution < -0.4 is 10.6 Å². The van der Waals surface area contributed by atoms with Crippen LogP contribution in [0.2, 0.25) is 0 Å². The minimum Gasteiger partial charge on any atom is -0.358 e. The van der Waals surface area contributed by atoms with Crippen molar-refractivity contribution in [3.8, 4) is 0 Å². The fourth-order valence-electron chi connectivity index (χ4n) is 3.98. The molecule has 148 valence electrons. The van der Waals surface area contributed by atoms with Gasteiger partial charge < -0.3 is 15.5 Å². The van der Waals surface area contributed by atoms with Crippen LogP contribution in [0.25, 0.3) is 0 Å². The monoisotopic (exact) mass is 397 g/mol. The van der Waals surface area contributed by atoms with E-state index in [1.165, 1.54) is 11.1 Å². The maximum absolute atomic E-state index is 15.2. The van der Waals surface area contributed by atoms with Gasteiger partial charge >= 0.3 is 0 Å². The quantitative estimate of drug-likeness (QED) is 0.720. The number of likely N-dealkylation sites (tertiary alicyclic amines) is 1. The highest BCUT2D eigenvalue weighted by molar-refractivity contribution is 7.80. The number of nitrogens with zero attached hydrogens (tertiary/aromatic N) is 1. The molecule has 4 rings (SSSR count). The van der Waals surface area contributed by atoms with Crippen LogP contribution in [-0.4, -0.2) is 41.4 Å². The maximum atomic E-state index is 15.2. The zero-order valence-electron chi connectivity index (χ0n) is 16.1. The van der Waals surface area contributed by atoms with Crippen molar-refractivity contribution in [2.75, 3.05) is 19.6 Å². The Kier molecular flexibility index (Phi) is 5.93. The molecule has 3 nitrogen and oxygen atoms in total. The van der Waals surface area contributed by atoms with Gasteiger partial charge in [0.25, 0.3) is 0 Å². The molecular weight excluding hydrogens is 369 g/mol. The Hall–Kier alpha value is -1.98. The summed E-state index contributed by atoms with van der Waals surface area (Å²) in [5, 5.41) is 7.49. The van der Waals surface area contributed by atoms with E-state index in [1.54, 1.807) is 0 Å². The first-order chi connectivity index (χ1) is 13.6. The van der Waals surface area contributed by atoms with E-state index < -0.39 is 5.67 Å². The van der Waals surface area contributed by atoms with E-state index in [9.17, 15) is 0 Å². The van der Waals surface area contributed by atoms with E-state index in [0.717, 1.165) is 11.5 Å². The Balaban J connectivity index is 1.18. The molecule has 2 aromatic carbocycles. The highest BCUT2D eigenvalue weighted by Gasteiger charge is 2.41. The summed E-state index contributed by atoms with van der Waals surface area (Å²) in [5.74, 6) is 0.541. The Bertz CT molecular complexity index is 775. The lowest BCUT2D eigenvalue weighted by Crippen LogP contribution is -2.51. The maximum Gasteiger partial charge on any atom is 0.169 e. The Morgan fingerprint density at radius 1 is 1.04 bits per heavy atom. The summed E-state index contributed by atoms with van der Waals surface area (Å²) in [4.78, 5) is 2.10. The highest BCUT2D eigenvalue weighted by Crippen LogP contribution is 2.41. The van der Waals surface area contributed by atoms with Gasteiger partial charge in [-0.25, -0.2) is 4.39 Å². The van der Waals surface area contributed by atoms with E-state index in [0.29, 0.717) is 51.0 Å². The van der Waals surface area contributed by atoms with E-state index in [2.05, 4.69) is 51.9 Å². The normalized spacial score (nSPS) is 23.2. The van der Waals surface area contributed by atoms with Crippen LogP contribution in [0.5, 0.6) is 0 Å². The first kappa shape index (κ1) is 19.3. The molecular formula is C23H28FN3S. The summed E-state index contributed by atoms with van der Waals surface area (Å²) in [6.07, 6.45) is 2.16. The van der Waals surface area contributed by atoms with Gasteiger partial charge in [0.1, 0.15) is 5.67 Å². The molecule has 0 spiro atoms. The van der Waals surface area contributed by atoms with Gasteiger partial charge in [-0.05, 0) is 29.8 Å². The number of nitrogens with one attached hydrogen (secondary N) is 2. The largest absolute Gasteiger partial charge is 0.358 e. The van der Waals surface area contributed by atoms with Crippen molar-refractivity contribution in [1.29, 1.82) is 0 Å². The van der Waals surface area contributed by atoms with Gasteiger partial charge in [-0.1, -0.05) is 60.7 Å². The second kappa shape index (κ2) is 8.58. The zero-order chi connectivity index (χ0) is 19.4. The molecule has 0 amide bonds. The minimum atomic E-state index is -1.13. The van der Waals surface area contributed by atoms with Crippen molar-refractivity contribution in [2.24, 2.45) is 0 Å². The van der Waals surface area contributed by atoms with Crippen molar-refractivity contribution >= 4 is 17.3 Å². The predicted molar refractivity (Wildman–Crippen MR) is 116 cm³/mol. The fraction of sp³-hybridized carbons (Fsp3) is 0.435. The molecule has 28 heavy (non-hydrogen) atoms. The van der Waals surface area contributed by atoms with E-state index in [1.807, 2.05) is 24.3 Å². The third-order valence-electron chi connectivity index (χ3n) is 5.93. The second-order valence-corrected chi connectivity index (χ2v) is 8.41.